The molecule has 3 heterocycles. The number of nitrogens with one attached hydrogen (secondary N) is 2. The van der Waals surface area contributed by atoms with Crippen molar-refractivity contribution in [2.45, 2.75) is 71.1 Å². The van der Waals surface area contributed by atoms with Crippen molar-refractivity contribution in [2.24, 2.45) is 11.3 Å². The average Bonchev–Trinajstić information content (AvgIpc) is 3.30. The fraction of sp³-hybridized carbons (Fsp3) is 0.708. The number of hydrogen-bond acceptors (Lipinski definition) is 5. The lowest BCUT2D eigenvalue weighted by Crippen LogP contribution is -2.59. The Morgan fingerprint density at radius 3 is 2.45 bits per heavy atom. The number of carbonyl (C=O) groups excluding carboxylic acids is 3. The summed E-state index contributed by atoms with van der Waals surface area (Å²) in [5.41, 5.74) is -0.105. The molecule has 0 radical (unpaired) electrons. The molecule has 9 heteroatoms. The molecule has 4 rings (SSSR count). The van der Waals surface area contributed by atoms with E-state index in [1.807, 2.05) is 43.2 Å². The summed E-state index contributed by atoms with van der Waals surface area (Å²) in [7, 11) is 0. The molecule has 3 aliphatic rings. The SMILES string of the molecule is CC(C)(C)OC(=O)N1CCC(NC(=O)N2CCC3(CC2)CC3)C(C(=O)NCc2cccs2)C1. The van der Waals surface area contributed by atoms with Gasteiger partial charge in [-0.05, 0) is 69.7 Å². The highest BCUT2D eigenvalue weighted by molar-refractivity contribution is 7.09. The molecule has 2 N–H and O–H groups in total. The second-order valence-electron chi connectivity index (χ2n) is 10.7. The summed E-state index contributed by atoms with van der Waals surface area (Å²) in [6.07, 6.45) is 4.81. The highest BCUT2D eigenvalue weighted by Gasteiger charge is 2.45. The second kappa shape index (κ2) is 9.52. The van der Waals surface area contributed by atoms with E-state index >= 15 is 0 Å². The second-order valence-corrected chi connectivity index (χ2v) is 11.7. The van der Waals surface area contributed by atoms with Gasteiger partial charge in [0.05, 0.1) is 12.5 Å². The molecule has 2 aliphatic heterocycles. The van der Waals surface area contributed by atoms with Crippen molar-refractivity contribution in [1.29, 1.82) is 0 Å². The Kier molecular flexibility index (Phi) is 6.88. The maximum Gasteiger partial charge on any atom is 0.410 e. The summed E-state index contributed by atoms with van der Waals surface area (Å²) in [5, 5.41) is 8.08. The number of urea groups is 1. The van der Waals surface area contributed by atoms with Gasteiger partial charge in [0.2, 0.25) is 5.91 Å². The van der Waals surface area contributed by atoms with Crippen molar-refractivity contribution in [3.63, 3.8) is 0 Å². The molecule has 0 aromatic carbocycles. The van der Waals surface area contributed by atoms with Crippen LogP contribution in [0.25, 0.3) is 0 Å². The molecule has 1 saturated carbocycles. The summed E-state index contributed by atoms with van der Waals surface area (Å²) in [6, 6.07) is 3.50. The number of amides is 4. The largest absolute Gasteiger partial charge is 0.444 e. The molecular weight excluding hydrogens is 440 g/mol. The fourth-order valence-electron chi connectivity index (χ4n) is 4.71. The van der Waals surface area contributed by atoms with Gasteiger partial charge in [0.1, 0.15) is 5.60 Å². The van der Waals surface area contributed by atoms with Gasteiger partial charge in [-0.3, -0.25) is 4.79 Å². The lowest BCUT2D eigenvalue weighted by atomic mass is 9.91. The van der Waals surface area contributed by atoms with E-state index < -0.39 is 17.6 Å². The third-order valence-electron chi connectivity index (χ3n) is 7.00. The van der Waals surface area contributed by atoms with Gasteiger partial charge in [0.25, 0.3) is 0 Å². The van der Waals surface area contributed by atoms with Gasteiger partial charge in [0, 0.05) is 37.1 Å². The van der Waals surface area contributed by atoms with Crippen LogP contribution in [-0.2, 0) is 16.1 Å². The number of rotatable bonds is 4. The summed E-state index contributed by atoms with van der Waals surface area (Å²) < 4.78 is 5.52. The lowest BCUT2D eigenvalue weighted by Gasteiger charge is -2.40. The number of nitrogens with zero attached hydrogens (tertiary/aromatic N) is 2. The van der Waals surface area contributed by atoms with E-state index in [0.29, 0.717) is 24.9 Å². The third-order valence-corrected chi connectivity index (χ3v) is 7.87. The smallest absolute Gasteiger partial charge is 0.410 e. The maximum atomic E-state index is 13.2. The summed E-state index contributed by atoms with van der Waals surface area (Å²) in [5.74, 6) is -0.688. The first-order valence-electron chi connectivity index (χ1n) is 12.0. The highest BCUT2D eigenvalue weighted by Crippen LogP contribution is 2.53. The normalized spacial score (nSPS) is 24.3. The summed E-state index contributed by atoms with van der Waals surface area (Å²) >= 11 is 1.58. The van der Waals surface area contributed by atoms with Gasteiger partial charge in [-0.15, -0.1) is 11.3 Å². The quantitative estimate of drug-likeness (QED) is 0.695. The Morgan fingerprint density at radius 1 is 1.12 bits per heavy atom. The van der Waals surface area contributed by atoms with Gasteiger partial charge in [0.15, 0.2) is 0 Å². The minimum atomic E-state index is -0.605. The van der Waals surface area contributed by atoms with E-state index in [-0.39, 0.29) is 24.5 Å². The van der Waals surface area contributed by atoms with E-state index in [4.69, 9.17) is 4.74 Å². The van der Waals surface area contributed by atoms with E-state index in [9.17, 15) is 14.4 Å². The summed E-state index contributed by atoms with van der Waals surface area (Å²) in [6.45, 7) is 8.13. The van der Waals surface area contributed by atoms with Crippen LogP contribution < -0.4 is 10.6 Å². The number of piperidine rings is 2. The van der Waals surface area contributed by atoms with Gasteiger partial charge in [-0.1, -0.05) is 6.07 Å². The first-order chi connectivity index (χ1) is 15.6. The van der Waals surface area contributed by atoms with E-state index in [1.54, 1.807) is 16.2 Å². The maximum absolute atomic E-state index is 13.2. The first-order valence-corrected chi connectivity index (χ1v) is 12.9. The van der Waals surface area contributed by atoms with Crippen molar-refractivity contribution in [3.8, 4) is 0 Å². The zero-order valence-corrected chi connectivity index (χ0v) is 20.7. The van der Waals surface area contributed by atoms with Crippen molar-refractivity contribution in [1.82, 2.24) is 20.4 Å². The topological polar surface area (TPSA) is 91.0 Å². The number of hydrogen-bond donors (Lipinski definition) is 2. The van der Waals surface area contributed by atoms with Crippen LogP contribution in [0.5, 0.6) is 0 Å². The molecule has 4 amide bonds. The van der Waals surface area contributed by atoms with E-state index in [1.165, 1.54) is 12.8 Å². The molecule has 0 bridgehead atoms. The van der Waals surface area contributed by atoms with Crippen molar-refractivity contribution >= 4 is 29.4 Å². The zero-order chi connectivity index (χ0) is 23.6. The molecule has 8 nitrogen and oxygen atoms in total. The minimum Gasteiger partial charge on any atom is -0.444 e. The van der Waals surface area contributed by atoms with Crippen molar-refractivity contribution in [3.05, 3.63) is 22.4 Å². The number of likely N-dealkylation sites (tertiary alicyclic amines) is 2. The Labute approximate surface area is 200 Å². The van der Waals surface area contributed by atoms with Crippen molar-refractivity contribution < 1.29 is 19.1 Å². The molecule has 1 aromatic heterocycles. The Balaban J connectivity index is 1.39. The van der Waals surface area contributed by atoms with Crippen LogP contribution in [0.1, 0.15) is 57.8 Å². The Hall–Kier alpha value is -2.29. The molecule has 2 atom stereocenters. The van der Waals surface area contributed by atoms with Crippen LogP contribution in [0.3, 0.4) is 0 Å². The fourth-order valence-corrected chi connectivity index (χ4v) is 5.36. The van der Waals surface area contributed by atoms with Crippen LogP contribution in [-0.4, -0.2) is 65.7 Å². The number of carbonyl (C=O) groups is 3. The minimum absolute atomic E-state index is 0.0997. The standard InChI is InChI=1S/C24H36N4O4S/c1-23(2,3)32-22(31)28-11-6-19(18(16-28)20(29)25-15-17-5-4-14-33-17)26-21(30)27-12-9-24(7-8-24)10-13-27/h4-5,14,18-19H,6-13,15-16H2,1-3H3,(H,25,29)(H,26,30). The van der Waals surface area contributed by atoms with Gasteiger partial charge in [-0.2, -0.15) is 0 Å². The van der Waals surface area contributed by atoms with Gasteiger partial charge >= 0.3 is 12.1 Å². The number of ether oxygens (including phenoxy) is 1. The molecule has 1 aliphatic carbocycles. The third kappa shape index (κ3) is 6.19. The van der Waals surface area contributed by atoms with E-state index in [2.05, 4.69) is 10.6 Å². The average molecular weight is 477 g/mol. The molecule has 2 saturated heterocycles. The molecule has 1 spiro atoms. The molecule has 3 fully saturated rings. The van der Waals surface area contributed by atoms with Crippen LogP contribution in [0.2, 0.25) is 0 Å². The molecule has 2 unspecified atom stereocenters. The predicted molar refractivity (Wildman–Crippen MR) is 127 cm³/mol. The lowest BCUT2D eigenvalue weighted by molar-refractivity contribution is -0.127. The van der Waals surface area contributed by atoms with Gasteiger partial charge < -0.3 is 25.2 Å². The van der Waals surface area contributed by atoms with Gasteiger partial charge in [-0.25, -0.2) is 9.59 Å². The Morgan fingerprint density at radius 2 is 1.85 bits per heavy atom. The number of thiophene rings is 1. The molecule has 182 valence electrons. The van der Waals surface area contributed by atoms with Crippen LogP contribution in [0.4, 0.5) is 9.59 Å². The van der Waals surface area contributed by atoms with Crippen molar-refractivity contribution in [2.75, 3.05) is 26.2 Å². The molecular formula is C24H36N4O4S. The van der Waals surface area contributed by atoms with Crippen LogP contribution in [0.15, 0.2) is 17.5 Å². The van der Waals surface area contributed by atoms with E-state index in [0.717, 1.165) is 30.8 Å². The first kappa shape index (κ1) is 23.9. The summed E-state index contributed by atoms with van der Waals surface area (Å²) in [4.78, 5) is 43.3. The monoisotopic (exact) mass is 476 g/mol. The van der Waals surface area contributed by atoms with Crippen LogP contribution >= 0.6 is 11.3 Å². The zero-order valence-electron chi connectivity index (χ0n) is 19.9. The van der Waals surface area contributed by atoms with Crippen LogP contribution in [0, 0.1) is 11.3 Å². The predicted octanol–water partition coefficient (Wildman–Crippen LogP) is 3.58. The molecule has 1 aromatic rings. The highest BCUT2D eigenvalue weighted by atomic mass is 32.1. The Bertz CT molecular complexity index is 852. The molecule has 33 heavy (non-hydrogen) atoms.